The second kappa shape index (κ2) is 11.3. The SMILES string of the molecule is CN(C(=O)C1CC1)[C@H]1CC[C@H](CC(=O)Nc2cc(-c3ccccc3)c(-c3ccc([C@]4(N)C[C@H](F)C4)cc3)nn2)CC1. The Kier molecular flexibility index (Phi) is 7.60. The quantitative estimate of drug-likeness (QED) is 0.363. The fourth-order valence-corrected chi connectivity index (χ4v) is 6.42. The molecule has 3 N–H and O–H groups in total. The van der Waals surface area contributed by atoms with Gasteiger partial charge in [0.2, 0.25) is 11.8 Å². The van der Waals surface area contributed by atoms with Crippen LogP contribution in [0.2, 0.25) is 0 Å². The number of nitrogens with zero attached hydrogens (tertiary/aromatic N) is 3. The summed E-state index contributed by atoms with van der Waals surface area (Å²) in [4.78, 5) is 27.4. The first kappa shape index (κ1) is 27.5. The van der Waals surface area contributed by atoms with Crippen LogP contribution in [0.5, 0.6) is 0 Å². The molecule has 0 saturated heterocycles. The Balaban J connectivity index is 1.13. The number of hydrogen-bond donors (Lipinski definition) is 2. The molecule has 1 aromatic heterocycles. The summed E-state index contributed by atoms with van der Waals surface area (Å²) in [6.45, 7) is 0. The standard InChI is InChI=1S/C33H38FN5O2/c1-39(32(41)24-9-10-24)27-15-7-21(8-16-27)17-30(40)36-29-18-28(22-5-3-2-4-6-22)31(38-37-29)23-11-13-25(14-12-23)33(35)19-26(34)20-33/h2-6,11-14,18,21,24,26-27H,7-10,15-17,19-20,35H2,1H3,(H,36,37,40)/t21-,26-,27-,33-. The summed E-state index contributed by atoms with van der Waals surface area (Å²) in [5.41, 5.74) is 10.1. The van der Waals surface area contributed by atoms with E-state index in [9.17, 15) is 14.0 Å². The molecule has 3 aliphatic rings. The first-order valence-corrected chi connectivity index (χ1v) is 14.8. The van der Waals surface area contributed by atoms with Crippen molar-refractivity contribution >= 4 is 17.6 Å². The van der Waals surface area contributed by atoms with Gasteiger partial charge in [0.05, 0.1) is 0 Å². The van der Waals surface area contributed by atoms with Crippen molar-refractivity contribution in [3.63, 3.8) is 0 Å². The second-order valence-corrected chi connectivity index (χ2v) is 12.2. The van der Waals surface area contributed by atoms with Crippen molar-refractivity contribution in [2.24, 2.45) is 17.6 Å². The molecular weight excluding hydrogens is 517 g/mol. The lowest BCUT2D eigenvalue weighted by molar-refractivity contribution is -0.134. The molecule has 3 aromatic rings. The van der Waals surface area contributed by atoms with E-state index in [1.54, 1.807) is 0 Å². The van der Waals surface area contributed by atoms with E-state index in [0.717, 1.165) is 60.8 Å². The molecule has 8 heteroatoms. The number of alkyl halides is 1. The van der Waals surface area contributed by atoms with E-state index < -0.39 is 11.7 Å². The van der Waals surface area contributed by atoms with Gasteiger partial charge in [-0.15, -0.1) is 10.2 Å². The van der Waals surface area contributed by atoms with E-state index >= 15 is 0 Å². The van der Waals surface area contributed by atoms with Gasteiger partial charge in [0.1, 0.15) is 11.9 Å². The molecule has 214 valence electrons. The van der Waals surface area contributed by atoms with E-state index in [1.807, 2.05) is 72.6 Å². The monoisotopic (exact) mass is 555 g/mol. The lowest BCUT2D eigenvalue weighted by Crippen LogP contribution is -2.50. The molecule has 7 nitrogen and oxygen atoms in total. The van der Waals surface area contributed by atoms with E-state index in [4.69, 9.17) is 5.73 Å². The first-order chi connectivity index (χ1) is 19.8. The number of halogens is 1. The maximum Gasteiger partial charge on any atom is 0.225 e. The Labute approximate surface area is 240 Å². The van der Waals surface area contributed by atoms with Crippen molar-refractivity contribution in [3.05, 3.63) is 66.2 Å². The number of nitrogens with one attached hydrogen (secondary N) is 1. The Morgan fingerprint density at radius 2 is 1.63 bits per heavy atom. The van der Waals surface area contributed by atoms with Crippen molar-refractivity contribution in [3.8, 4) is 22.4 Å². The van der Waals surface area contributed by atoms with Crippen LogP contribution in [0.1, 0.15) is 63.4 Å². The molecule has 0 atom stereocenters. The maximum atomic E-state index is 13.5. The summed E-state index contributed by atoms with van der Waals surface area (Å²) in [5, 5.41) is 11.9. The molecule has 3 aliphatic carbocycles. The van der Waals surface area contributed by atoms with Crippen LogP contribution in [0.3, 0.4) is 0 Å². The summed E-state index contributed by atoms with van der Waals surface area (Å²) in [6.07, 6.45) is 6.09. The van der Waals surface area contributed by atoms with Crippen molar-refractivity contribution in [2.45, 2.75) is 75.5 Å². The van der Waals surface area contributed by atoms with Gasteiger partial charge in [-0.2, -0.15) is 0 Å². The molecule has 3 saturated carbocycles. The minimum absolute atomic E-state index is 0.0683. The highest BCUT2D eigenvalue weighted by Crippen LogP contribution is 2.42. The molecule has 0 radical (unpaired) electrons. The summed E-state index contributed by atoms with van der Waals surface area (Å²) in [6, 6.07) is 19.9. The van der Waals surface area contributed by atoms with Gasteiger partial charge in [0, 0.05) is 54.9 Å². The number of carbonyl (C=O) groups excluding carboxylic acids is 2. The Bertz CT molecular complexity index is 1390. The third-order valence-electron chi connectivity index (χ3n) is 9.16. The number of nitrogens with two attached hydrogens (primary N) is 1. The third kappa shape index (κ3) is 6.03. The Hall–Kier alpha value is -3.65. The lowest BCUT2D eigenvalue weighted by atomic mass is 9.71. The minimum atomic E-state index is -0.836. The van der Waals surface area contributed by atoms with Gasteiger partial charge in [-0.1, -0.05) is 54.6 Å². The fraction of sp³-hybridized carbons (Fsp3) is 0.455. The molecule has 2 amide bonds. The van der Waals surface area contributed by atoms with Crippen molar-refractivity contribution < 1.29 is 14.0 Å². The average Bonchev–Trinajstić information content (AvgIpc) is 3.82. The zero-order valence-corrected chi connectivity index (χ0v) is 23.6. The summed E-state index contributed by atoms with van der Waals surface area (Å²) in [7, 11) is 1.93. The molecule has 0 unspecified atom stereocenters. The van der Waals surface area contributed by atoms with Gasteiger partial charge in [0.15, 0.2) is 5.82 Å². The highest BCUT2D eigenvalue weighted by Gasteiger charge is 2.42. The molecule has 41 heavy (non-hydrogen) atoms. The molecule has 3 fully saturated rings. The van der Waals surface area contributed by atoms with Crippen LogP contribution >= 0.6 is 0 Å². The van der Waals surface area contributed by atoms with Crippen LogP contribution in [0.15, 0.2) is 60.7 Å². The van der Waals surface area contributed by atoms with Crippen LogP contribution in [0.4, 0.5) is 10.2 Å². The molecule has 0 bridgehead atoms. The van der Waals surface area contributed by atoms with Crippen molar-refractivity contribution in [2.75, 3.05) is 12.4 Å². The fourth-order valence-electron chi connectivity index (χ4n) is 6.42. The predicted molar refractivity (Wildman–Crippen MR) is 157 cm³/mol. The highest BCUT2D eigenvalue weighted by atomic mass is 19.1. The second-order valence-electron chi connectivity index (χ2n) is 12.2. The minimum Gasteiger partial charge on any atom is -0.343 e. The van der Waals surface area contributed by atoms with E-state index in [2.05, 4.69) is 15.5 Å². The highest BCUT2D eigenvalue weighted by molar-refractivity contribution is 5.91. The summed E-state index contributed by atoms with van der Waals surface area (Å²) >= 11 is 0. The molecule has 1 heterocycles. The van der Waals surface area contributed by atoms with Crippen LogP contribution in [0.25, 0.3) is 22.4 Å². The van der Waals surface area contributed by atoms with Gasteiger partial charge in [-0.3, -0.25) is 9.59 Å². The number of amides is 2. The number of carbonyl (C=O) groups is 2. The predicted octanol–water partition coefficient (Wildman–Crippen LogP) is 5.85. The van der Waals surface area contributed by atoms with E-state index in [-0.39, 0.29) is 23.8 Å². The summed E-state index contributed by atoms with van der Waals surface area (Å²) < 4.78 is 13.5. The van der Waals surface area contributed by atoms with Gasteiger partial charge in [0.25, 0.3) is 0 Å². The normalized spacial score (nSPS) is 25.7. The molecule has 6 rings (SSSR count). The molecule has 0 spiro atoms. The summed E-state index contributed by atoms with van der Waals surface area (Å²) in [5.74, 6) is 1.18. The number of aromatic nitrogens is 2. The van der Waals surface area contributed by atoms with Gasteiger partial charge < -0.3 is 16.0 Å². The number of anilines is 1. The number of benzene rings is 2. The van der Waals surface area contributed by atoms with Gasteiger partial charge in [-0.05, 0) is 61.6 Å². The van der Waals surface area contributed by atoms with E-state index in [0.29, 0.717) is 36.7 Å². The number of rotatable bonds is 8. The Morgan fingerprint density at radius 3 is 2.27 bits per heavy atom. The zero-order chi connectivity index (χ0) is 28.6. The Morgan fingerprint density at radius 1 is 0.951 bits per heavy atom. The zero-order valence-electron chi connectivity index (χ0n) is 23.6. The molecule has 0 aliphatic heterocycles. The average molecular weight is 556 g/mol. The van der Waals surface area contributed by atoms with Crippen molar-refractivity contribution in [1.29, 1.82) is 0 Å². The third-order valence-corrected chi connectivity index (χ3v) is 9.16. The van der Waals surface area contributed by atoms with Crippen LogP contribution in [0, 0.1) is 11.8 Å². The van der Waals surface area contributed by atoms with Crippen LogP contribution in [-0.4, -0.2) is 46.2 Å². The topological polar surface area (TPSA) is 101 Å². The van der Waals surface area contributed by atoms with Gasteiger partial charge >= 0.3 is 0 Å². The molecular formula is C33H38FN5O2. The van der Waals surface area contributed by atoms with Gasteiger partial charge in [-0.25, -0.2) is 4.39 Å². The smallest absolute Gasteiger partial charge is 0.225 e. The van der Waals surface area contributed by atoms with Crippen LogP contribution in [-0.2, 0) is 15.1 Å². The molecule has 2 aromatic carbocycles. The largest absolute Gasteiger partial charge is 0.343 e. The van der Waals surface area contributed by atoms with E-state index in [1.165, 1.54) is 0 Å². The first-order valence-electron chi connectivity index (χ1n) is 14.8. The lowest BCUT2D eigenvalue weighted by Gasteiger charge is -2.41. The van der Waals surface area contributed by atoms with Crippen LogP contribution < -0.4 is 11.1 Å². The van der Waals surface area contributed by atoms with Crippen molar-refractivity contribution in [1.82, 2.24) is 15.1 Å². The maximum absolute atomic E-state index is 13.5. The number of hydrogen-bond acceptors (Lipinski definition) is 5.